The van der Waals surface area contributed by atoms with Gasteiger partial charge in [-0.15, -0.1) is 0 Å². The third kappa shape index (κ3) is 5.09. The zero-order valence-electron chi connectivity index (χ0n) is 16.6. The van der Waals surface area contributed by atoms with Crippen LogP contribution in [0.4, 0.5) is 10.5 Å². The lowest BCUT2D eigenvalue weighted by molar-refractivity contribution is -0.126. The van der Waals surface area contributed by atoms with Crippen molar-refractivity contribution in [3.8, 4) is 0 Å². The zero-order chi connectivity index (χ0) is 21.0. The van der Waals surface area contributed by atoms with E-state index in [1.165, 1.54) is 11.1 Å². The number of benzene rings is 1. The number of carbonyl (C=O) groups excluding carboxylic acids is 3. The summed E-state index contributed by atoms with van der Waals surface area (Å²) in [6, 6.07) is 6.60. The van der Waals surface area contributed by atoms with E-state index in [1.54, 1.807) is 32.9 Å². The van der Waals surface area contributed by atoms with Gasteiger partial charge in [0.2, 0.25) is 11.8 Å². The van der Waals surface area contributed by atoms with Crippen molar-refractivity contribution in [3.63, 3.8) is 0 Å². The van der Waals surface area contributed by atoms with Gasteiger partial charge in [-0.25, -0.2) is 4.79 Å². The first kappa shape index (κ1) is 20.3. The maximum atomic E-state index is 12.9. The van der Waals surface area contributed by atoms with Gasteiger partial charge in [-0.3, -0.25) is 14.5 Å². The molecule has 2 heterocycles. The molecular formula is C19H24N6O4. The number of carbonyl (C=O) groups is 3. The normalized spacial score (nSPS) is 15.6. The van der Waals surface area contributed by atoms with E-state index in [1.807, 2.05) is 12.1 Å². The summed E-state index contributed by atoms with van der Waals surface area (Å²) in [5, 5.41) is 15.3. The second kappa shape index (κ2) is 8.29. The van der Waals surface area contributed by atoms with Crippen molar-refractivity contribution in [2.45, 2.75) is 45.4 Å². The Balaban J connectivity index is 1.69. The number of ether oxygens (including phenoxy) is 1. The number of rotatable bonds is 5. The van der Waals surface area contributed by atoms with Crippen molar-refractivity contribution >= 4 is 23.6 Å². The highest BCUT2D eigenvalue weighted by molar-refractivity contribution is 6.04. The molecule has 1 aliphatic heterocycles. The first-order valence-corrected chi connectivity index (χ1v) is 9.24. The van der Waals surface area contributed by atoms with E-state index in [0.717, 1.165) is 5.56 Å². The van der Waals surface area contributed by atoms with E-state index in [-0.39, 0.29) is 19.0 Å². The predicted octanol–water partition coefficient (Wildman–Crippen LogP) is 0.903. The van der Waals surface area contributed by atoms with Gasteiger partial charge in [0.1, 0.15) is 23.9 Å². The summed E-state index contributed by atoms with van der Waals surface area (Å²) >= 11 is 0. The summed E-state index contributed by atoms with van der Waals surface area (Å²) in [4.78, 5) is 38.9. The Hall–Kier alpha value is -3.43. The van der Waals surface area contributed by atoms with E-state index >= 15 is 0 Å². The molecule has 0 radical (unpaired) electrons. The second-order valence-corrected chi connectivity index (χ2v) is 7.65. The van der Waals surface area contributed by atoms with Crippen LogP contribution in [0.1, 0.15) is 32.0 Å². The molecule has 3 rings (SSSR count). The van der Waals surface area contributed by atoms with E-state index in [0.29, 0.717) is 17.8 Å². The van der Waals surface area contributed by atoms with E-state index < -0.39 is 23.6 Å². The zero-order valence-corrected chi connectivity index (χ0v) is 16.6. The molecular weight excluding hydrogens is 376 g/mol. The van der Waals surface area contributed by atoms with Gasteiger partial charge >= 0.3 is 6.09 Å². The van der Waals surface area contributed by atoms with Crippen LogP contribution in [0.3, 0.4) is 0 Å². The molecule has 1 aromatic heterocycles. The van der Waals surface area contributed by atoms with Crippen molar-refractivity contribution in [1.29, 1.82) is 0 Å². The van der Waals surface area contributed by atoms with Gasteiger partial charge < -0.3 is 15.4 Å². The number of aromatic amines is 1. The van der Waals surface area contributed by atoms with Gasteiger partial charge in [-0.05, 0) is 32.4 Å². The van der Waals surface area contributed by atoms with Crippen LogP contribution in [0.5, 0.6) is 0 Å². The average molecular weight is 400 g/mol. The van der Waals surface area contributed by atoms with Crippen molar-refractivity contribution in [1.82, 2.24) is 26.0 Å². The van der Waals surface area contributed by atoms with E-state index in [2.05, 4.69) is 26.0 Å². The smallest absolute Gasteiger partial charge is 0.408 e. The summed E-state index contributed by atoms with van der Waals surface area (Å²) in [5.41, 5.74) is 1.46. The minimum atomic E-state index is -0.716. The lowest BCUT2D eigenvalue weighted by Gasteiger charge is -2.25. The third-order valence-corrected chi connectivity index (χ3v) is 4.24. The number of hydrogen-bond acceptors (Lipinski definition) is 6. The number of alkyl carbamates (subject to hydrolysis) is 1. The maximum Gasteiger partial charge on any atom is 0.408 e. The van der Waals surface area contributed by atoms with E-state index in [4.69, 9.17) is 4.74 Å². The van der Waals surface area contributed by atoms with Crippen molar-refractivity contribution < 1.29 is 19.1 Å². The highest BCUT2D eigenvalue weighted by Crippen LogP contribution is 2.32. The van der Waals surface area contributed by atoms with Crippen molar-refractivity contribution in [2.75, 3.05) is 11.4 Å². The van der Waals surface area contributed by atoms with Crippen LogP contribution in [0.25, 0.3) is 0 Å². The molecule has 1 aromatic carbocycles. The van der Waals surface area contributed by atoms with Crippen LogP contribution in [0, 0.1) is 0 Å². The second-order valence-electron chi connectivity index (χ2n) is 7.65. The van der Waals surface area contributed by atoms with E-state index in [9.17, 15) is 14.4 Å². The fourth-order valence-electron chi connectivity index (χ4n) is 3.06. The Morgan fingerprint density at radius 3 is 2.69 bits per heavy atom. The van der Waals surface area contributed by atoms with Gasteiger partial charge in [0.05, 0.1) is 12.7 Å². The Bertz CT molecular complexity index is 890. The number of hydrogen-bond donors (Lipinski definition) is 3. The quantitative estimate of drug-likeness (QED) is 0.684. The molecule has 10 nitrogen and oxygen atoms in total. The summed E-state index contributed by atoms with van der Waals surface area (Å²) in [6.45, 7) is 5.12. The number of fused-ring (bicyclic) bond motifs is 1. The number of para-hydroxylation sites is 1. The molecule has 1 atom stereocenters. The third-order valence-electron chi connectivity index (χ3n) is 4.24. The summed E-state index contributed by atoms with van der Waals surface area (Å²) in [6.07, 6.45) is 1.21. The fourth-order valence-corrected chi connectivity index (χ4v) is 3.06. The molecule has 0 saturated heterocycles. The van der Waals surface area contributed by atoms with Crippen LogP contribution in [0.2, 0.25) is 0 Å². The van der Waals surface area contributed by atoms with Gasteiger partial charge in [0.25, 0.3) is 0 Å². The molecule has 1 aliphatic rings. The lowest BCUT2D eigenvalue weighted by Crippen LogP contribution is -2.51. The number of nitrogens with one attached hydrogen (secondary N) is 3. The Kier molecular flexibility index (Phi) is 5.81. The Labute approximate surface area is 168 Å². The molecule has 0 spiro atoms. The molecule has 3 N–H and O–H groups in total. The molecule has 154 valence electrons. The molecule has 0 unspecified atom stereocenters. The Morgan fingerprint density at radius 1 is 1.24 bits per heavy atom. The summed E-state index contributed by atoms with van der Waals surface area (Å²) in [5.74, 6) is -0.711. The molecule has 2 aromatic rings. The standard InChI is InChI=1S/C19H24N6O4/c1-19(2,3)29-18(28)21-11-16(26)25-14-7-5-4-6-12(14)8-15(25)17(27)20-9-13-10-22-24-23-13/h4-7,10,15H,8-9,11H2,1-3H3,(H,20,27)(H,21,28)(H,22,23,24)/t15-/m0/s1. The van der Waals surface area contributed by atoms with Crippen LogP contribution in [-0.4, -0.2) is 51.5 Å². The van der Waals surface area contributed by atoms with Gasteiger partial charge in [-0.2, -0.15) is 15.4 Å². The maximum absolute atomic E-state index is 12.9. The Morgan fingerprint density at radius 2 is 2.00 bits per heavy atom. The number of nitrogens with zero attached hydrogens (tertiary/aromatic N) is 3. The van der Waals surface area contributed by atoms with Gasteiger partial charge in [0.15, 0.2) is 0 Å². The highest BCUT2D eigenvalue weighted by atomic mass is 16.6. The number of aromatic nitrogens is 3. The molecule has 3 amide bonds. The lowest BCUT2D eigenvalue weighted by atomic mass is 10.1. The van der Waals surface area contributed by atoms with Crippen molar-refractivity contribution in [2.24, 2.45) is 0 Å². The molecule has 0 fully saturated rings. The SMILES string of the molecule is CC(C)(C)OC(=O)NCC(=O)N1c2ccccc2C[C@H]1C(=O)NCc1cn[nH]n1. The number of amides is 3. The van der Waals surface area contributed by atoms with Crippen LogP contribution in [-0.2, 0) is 27.3 Å². The van der Waals surface area contributed by atoms with Gasteiger partial charge in [-0.1, -0.05) is 18.2 Å². The van der Waals surface area contributed by atoms with Gasteiger partial charge in [0, 0.05) is 12.1 Å². The molecule has 0 aliphatic carbocycles. The summed E-state index contributed by atoms with van der Waals surface area (Å²) in [7, 11) is 0. The summed E-state index contributed by atoms with van der Waals surface area (Å²) < 4.78 is 5.16. The molecule has 0 saturated carbocycles. The monoisotopic (exact) mass is 400 g/mol. The van der Waals surface area contributed by atoms with Crippen molar-refractivity contribution in [3.05, 3.63) is 41.7 Å². The average Bonchev–Trinajstić information content (AvgIpc) is 3.30. The minimum Gasteiger partial charge on any atom is -0.444 e. The number of H-pyrrole nitrogens is 1. The first-order valence-electron chi connectivity index (χ1n) is 9.24. The largest absolute Gasteiger partial charge is 0.444 e. The molecule has 10 heteroatoms. The molecule has 29 heavy (non-hydrogen) atoms. The first-order chi connectivity index (χ1) is 13.7. The van der Waals surface area contributed by atoms with Crippen LogP contribution in [0.15, 0.2) is 30.5 Å². The molecule has 0 bridgehead atoms. The topological polar surface area (TPSA) is 129 Å². The minimum absolute atomic E-state index is 0.195. The van der Waals surface area contributed by atoms with Crippen LogP contribution >= 0.6 is 0 Å². The highest BCUT2D eigenvalue weighted by Gasteiger charge is 2.38. The predicted molar refractivity (Wildman–Crippen MR) is 104 cm³/mol. The fraction of sp³-hybridized carbons (Fsp3) is 0.421. The van der Waals surface area contributed by atoms with Crippen LogP contribution < -0.4 is 15.5 Å². The number of anilines is 1.